The second-order valence-corrected chi connectivity index (χ2v) is 6.35. The highest BCUT2D eigenvalue weighted by molar-refractivity contribution is 14.0. The van der Waals surface area contributed by atoms with E-state index in [0.29, 0.717) is 19.2 Å². The lowest BCUT2D eigenvalue weighted by molar-refractivity contribution is 0.131. The van der Waals surface area contributed by atoms with E-state index in [-0.39, 0.29) is 24.0 Å². The zero-order chi connectivity index (χ0) is 16.3. The molecule has 5 heteroatoms. The third-order valence-electron chi connectivity index (χ3n) is 3.99. The van der Waals surface area contributed by atoms with Crippen molar-refractivity contribution in [3.8, 4) is 0 Å². The Balaban J connectivity index is 0.00000288. The van der Waals surface area contributed by atoms with Gasteiger partial charge in [0.25, 0.3) is 0 Å². The van der Waals surface area contributed by atoms with Crippen molar-refractivity contribution in [2.24, 2.45) is 10.9 Å². The average Bonchev–Trinajstić information content (AvgIpc) is 3.38. The molecule has 0 spiro atoms. The molecule has 0 radical (unpaired) electrons. The highest BCUT2D eigenvalue weighted by Crippen LogP contribution is 2.28. The van der Waals surface area contributed by atoms with Crippen LogP contribution in [-0.2, 0) is 11.2 Å². The van der Waals surface area contributed by atoms with Gasteiger partial charge in [-0.25, -0.2) is 0 Å². The third kappa shape index (κ3) is 9.47. The molecule has 1 fully saturated rings. The van der Waals surface area contributed by atoms with E-state index in [2.05, 4.69) is 59.8 Å². The van der Waals surface area contributed by atoms with Crippen LogP contribution in [0.5, 0.6) is 0 Å². The number of rotatable bonds is 10. The quantitative estimate of drug-likeness (QED) is 0.250. The van der Waals surface area contributed by atoms with Gasteiger partial charge >= 0.3 is 0 Å². The molecule has 0 amide bonds. The van der Waals surface area contributed by atoms with Gasteiger partial charge in [0.1, 0.15) is 0 Å². The lowest BCUT2D eigenvalue weighted by Crippen LogP contribution is -2.42. The molecule has 1 aromatic rings. The van der Waals surface area contributed by atoms with Gasteiger partial charge in [-0.3, -0.25) is 4.99 Å². The summed E-state index contributed by atoms with van der Waals surface area (Å²) in [7, 11) is 0. The van der Waals surface area contributed by atoms with Gasteiger partial charge in [-0.05, 0) is 51.0 Å². The van der Waals surface area contributed by atoms with Crippen LogP contribution < -0.4 is 10.6 Å². The van der Waals surface area contributed by atoms with Crippen LogP contribution in [0.25, 0.3) is 0 Å². The van der Waals surface area contributed by atoms with Gasteiger partial charge in [0.15, 0.2) is 5.96 Å². The van der Waals surface area contributed by atoms with E-state index in [1.165, 1.54) is 18.4 Å². The first kappa shape index (κ1) is 21.2. The van der Waals surface area contributed by atoms with Crippen LogP contribution in [0, 0.1) is 5.92 Å². The SMILES string of the molecule is CCNC(=NCCOCC1CC1)NC(C)CCc1ccccc1.I. The van der Waals surface area contributed by atoms with Crippen LogP contribution in [0.15, 0.2) is 35.3 Å². The first-order valence-corrected chi connectivity index (χ1v) is 8.94. The fraction of sp³-hybridized carbons (Fsp3) is 0.632. The average molecular weight is 445 g/mol. The Morgan fingerprint density at radius 1 is 1.29 bits per heavy atom. The van der Waals surface area contributed by atoms with Gasteiger partial charge in [0.2, 0.25) is 0 Å². The van der Waals surface area contributed by atoms with Crippen molar-refractivity contribution >= 4 is 29.9 Å². The smallest absolute Gasteiger partial charge is 0.191 e. The van der Waals surface area contributed by atoms with Crippen molar-refractivity contribution in [3.05, 3.63) is 35.9 Å². The summed E-state index contributed by atoms with van der Waals surface area (Å²) in [4.78, 5) is 4.60. The van der Waals surface area contributed by atoms with Gasteiger partial charge in [0.05, 0.1) is 13.2 Å². The van der Waals surface area contributed by atoms with Crippen molar-refractivity contribution in [2.75, 3.05) is 26.3 Å². The van der Waals surface area contributed by atoms with Crippen LogP contribution in [0.2, 0.25) is 0 Å². The Hall–Kier alpha value is -0.820. The van der Waals surface area contributed by atoms with Gasteiger partial charge in [0, 0.05) is 19.2 Å². The van der Waals surface area contributed by atoms with Crippen LogP contribution in [0.4, 0.5) is 0 Å². The molecule has 1 aliphatic rings. The number of hydrogen-bond acceptors (Lipinski definition) is 2. The largest absolute Gasteiger partial charge is 0.379 e. The van der Waals surface area contributed by atoms with Gasteiger partial charge in [-0.2, -0.15) is 0 Å². The van der Waals surface area contributed by atoms with Crippen molar-refractivity contribution < 1.29 is 4.74 Å². The molecule has 0 bridgehead atoms. The molecule has 1 saturated carbocycles. The minimum atomic E-state index is 0. The summed E-state index contributed by atoms with van der Waals surface area (Å²) >= 11 is 0. The first-order valence-electron chi connectivity index (χ1n) is 8.94. The Bertz CT molecular complexity index is 463. The summed E-state index contributed by atoms with van der Waals surface area (Å²) in [6.45, 7) is 7.51. The van der Waals surface area contributed by atoms with Crippen molar-refractivity contribution in [1.82, 2.24) is 10.6 Å². The number of nitrogens with zero attached hydrogens (tertiary/aromatic N) is 1. The highest BCUT2D eigenvalue weighted by Gasteiger charge is 2.20. The zero-order valence-electron chi connectivity index (χ0n) is 15.0. The molecule has 1 aliphatic carbocycles. The maximum atomic E-state index is 5.63. The molecule has 136 valence electrons. The van der Waals surface area contributed by atoms with E-state index < -0.39 is 0 Å². The van der Waals surface area contributed by atoms with E-state index in [9.17, 15) is 0 Å². The van der Waals surface area contributed by atoms with E-state index in [0.717, 1.165) is 37.9 Å². The maximum absolute atomic E-state index is 5.63. The molecule has 0 saturated heterocycles. The minimum Gasteiger partial charge on any atom is -0.379 e. The predicted molar refractivity (Wildman–Crippen MR) is 112 cm³/mol. The second-order valence-electron chi connectivity index (χ2n) is 6.35. The number of aliphatic imine (C=N–C) groups is 1. The standard InChI is InChI=1S/C19H31N3O.HI/c1-3-20-19(21-13-14-23-15-18-11-12-18)22-16(2)9-10-17-7-5-4-6-8-17;/h4-8,16,18H,3,9-15H2,1-2H3,(H2,20,21,22);1H. The van der Waals surface area contributed by atoms with Crippen LogP contribution in [-0.4, -0.2) is 38.3 Å². The zero-order valence-corrected chi connectivity index (χ0v) is 17.3. The molecule has 1 unspecified atom stereocenters. The molecule has 1 aromatic carbocycles. The van der Waals surface area contributed by atoms with Crippen molar-refractivity contribution in [2.45, 2.75) is 45.6 Å². The molecule has 2 rings (SSSR count). The fourth-order valence-corrected chi connectivity index (χ4v) is 2.41. The lowest BCUT2D eigenvalue weighted by atomic mass is 10.1. The summed E-state index contributed by atoms with van der Waals surface area (Å²) < 4.78 is 5.63. The van der Waals surface area contributed by atoms with Crippen molar-refractivity contribution in [1.29, 1.82) is 0 Å². The minimum absolute atomic E-state index is 0. The molecule has 0 aliphatic heterocycles. The fourth-order valence-electron chi connectivity index (χ4n) is 2.41. The molecule has 24 heavy (non-hydrogen) atoms. The molecule has 2 N–H and O–H groups in total. The number of aryl methyl sites for hydroxylation is 1. The van der Waals surface area contributed by atoms with Crippen molar-refractivity contribution in [3.63, 3.8) is 0 Å². The monoisotopic (exact) mass is 445 g/mol. The third-order valence-corrected chi connectivity index (χ3v) is 3.99. The van der Waals surface area contributed by atoms with Gasteiger partial charge in [-0.1, -0.05) is 30.3 Å². The van der Waals surface area contributed by atoms with E-state index >= 15 is 0 Å². The second kappa shape index (κ2) is 12.5. The number of nitrogens with one attached hydrogen (secondary N) is 2. The summed E-state index contributed by atoms with van der Waals surface area (Å²) in [5.74, 6) is 1.71. The topological polar surface area (TPSA) is 45.7 Å². The molecule has 0 heterocycles. The number of hydrogen-bond donors (Lipinski definition) is 2. The molecule has 4 nitrogen and oxygen atoms in total. The van der Waals surface area contributed by atoms with Crippen LogP contribution >= 0.6 is 24.0 Å². The summed E-state index contributed by atoms with van der Waals surface area (Å²) in [5, 5.41) is 6.79. The summed E-state index contributed by atoms with van der Waals surface area (Å²) in [5.41, 5.74) is 1.39. The Kier molecular flexibility index (Phi) is 11.1. The number of halogens is 1. The molecule has 1 atom stereocenters. The van der Waals surface area contributed by atoms with Gasteiger partial charge in [-0.15, -0.1) is 24.0 Å². The van der Waals surface area contributed by atoms with E-state index in [1.807, 2.05) is 0 Å². The maximum Gasteiger partial charge on any atom is 0.191 e. The predicted octanol–water partition coefficient (Wildman–Crippen LogP) is 3.61. The number of ether oxygens (including phenoxy) is 1. The molecular formula is C19H32IN3O. The lowest BCUT2D eigenvalue weighted by Gasteiger charge is -2.18. The first-order chi connectivity index (χ1) is 11.3. The normalized spacial score (nSPS) is 15.5. The highest BCUT2D eigenvalue weighted by atomic mass is 127. The number of guanidine groups is 1. The van der Waals surface area contributed by atoms with E-state index in [4.69, 9.17) is 4.74 Å². The summed E-state index contributed by atoms with van der Waals surface area (Å²) in [6, 6.07) is 11.0. The van der Waals surface area contributed by atoms with Gasteiger partial charge < -0.3 is 15.4 Å². The molecular weight excluding hydrogens is 413 g/mol. The Morgan fingerprint density at radius 3 is 2.71 bits per heavy atom. The van der Waals surface area contributed by atoms with E-state index in [1.54, 1.807) is 0 Å². The van der Waals surface area contributed by atoms with Crippen LogP contribution in [0.1, 0.15) is 38.7 Å². The van der Waals surface area contributed by atoms with Crippen LogP contribution in [0.3, 0.4) is 0 Å². The summed E-state index contributed by atoms with van der Waals surface area (Å²) in [6.07, 6.45) is 4.85. The molecule has 0 aromatic heterocycles. The Morgan fingerprint density at radius 2 is 2.04 bits per heavy atom. The number of benzene rings is 1. The Labute approximate surface area is 163 Å².